The Hall–Kier alpha value is -1.85. The van der Waals surface area contributed by atoms with E-state index in [0.717, 1.165) is 24.8 Å². The van der Waals surface area contributed by atoms with E-state index < -0.39 is 9.84 Å². The molecule has 3 aliphatic rings. The fourth-order valence-corrected chi connectivity index (χ4v) is 5.94. The summed E-state index contributed by atoms with van der Waals surface area (Å²) in [5, 5.41) is 0. The summed E-state index contributed by atoms with van der Waals surface area (Å²) in [7, 11) is -3.50. The smallest absolute Gasteiger partial charge is 0.206 e. The second kappa shape index (κ2) is 6.10. The molecule has 2 aliphatic heterocycles. The molecule has 26 heavy (non-hydrogen) atoms. The average Bonchev–Trinajstić information content (AvgIpc) is 3.04. The summed E-state index contributed by atoms with van der Waals surface area (Å²) in [6.45, 7) is 1.80. The molecule has 136 valence electrons. The van der Waals surface area contributed by atoms with E-state index in [-0.39, 0.29) is 0 Å². The predicted molar refractivity (Wildman–Crippen MR) is 99.3 cm³/mol. The minimum atomic E-state index is -3.50. The predicted octanol–water partition coefficient (Wildman–Crippen LogP) is 3.62. The van der Waals surface area contributed by atoms with E-state index in [9.17, 15) is 8.42 Å². The summed E-state index contributed by atoms with van der Waals surface area (Å²) < 4.78 is 31.8. The van der Waals surface area contributed by atoms with Crippen LogP contribution in [0.25, 0.3) is 0 Å². The second-order valence-corrected chi connectivity index (χ2v) is 9.56. The molecule has 1 saturated heterocycles. The van der Waals surface area contributed by atoms with Crippen LogP contribution in [0.5, 0.6) is 5.75 Å². The van der Waals surface area contributed by atoms with Crippen LogP contribution in [0.1, 0.15) is 37.2 Å². The minimum absolute atomic E-state index is 0.315. The molecule has 2 atom stereocenters. The number of hydrogen-bond donors (Lipinski definition) is 0. The number of rotatable bonds is 3. The Kier molecular flexibility index (Phi) is 3.83. The van der Waals surface area contributed by atoms with Gasteiger partial charge in [-0.15, -0.1) is 0 Å². The van der Waals surface area contributed by atoms with E-state index in [1.165, 1.54) is 24.8 Å². The second-order valence-electron chi connectivity index (χ2n) is 7.61. The van der Waals surface area contributed by atoms with Crippen LogP contribution < -0.4 is 4.74 Å². The summed E-state index contributed by atoms with van der Waals surface area (Å²) in [4.78, 5) is 3.27. The fourth-order valence-electron chi connectivity index (χ4n) is 4.65. The normalized spacial score (nSPS) is 25.8. The monoisotopic (exact) mass is 369 g/mol. The van der Waals surface area contributed by atoms with Crippen molar-refractivity contribution in [1.82, 2.24) is 4.90 Å². The van der Waals surface area contributed by atoms with Crippen LogP contribution in [0.3, 0.4) is 0 Å². The Labute approximate surface area is 154 Å². The van der Waals surface area contributed by atoms with E-state index in [1.54, 1.807) is 36.4 Å². The third kappa shape index (κ3) is 2.48. The lowest BCUT2D eigenvalue weighted by atomic mass is 9.87. The van der Waals surface area contributed by atoms with Crippen molar-refractivity contribution in [1.29, 1.82) is 0 Å². The zero-order chi connectivity index (χ0) is 17.7. The zero-order valence-electron chi connectivity index (χ0n) is 14.7. The quantitative estimate of drug-likeness (QED) is 0.829. The highest BCUT2D eigenvalue weighted by atomic mass is 32.2. The van der Waals surface area contributed by atoms with Crippen LogP contribution in [0.2, 0.25) is 0 Å². The first-order valence-corrected chi connectivity index (χ1v) is 11.0. The number of hydrogen-bond acceptors (Lipinski definition) is 4. The van der Waals surface area contributed by atoms with Gasteiger partial charge in [-0.05, 0) is 55.6 Å². The highest BCUT2D eigenvalue weighted by Crippen LogP contribution is 2.45. The number of likely N-dealkylation sites (tertiary alicyclic amines) is 1. The molecule has 2 aromatic rings. The standard InChI is InChI=1S/C21H23NO3S/c23-26(24,16-7-2-1-3-8-16)17-9-10-19-18-11-12-22(15-5-4-6-15)20(18)14-25-21(19)13-17/h1-3,7-10,13,15,18,20H,4-6,11-12,14H2. The number of benzene rings is 2. The van der Waals surface area contributed by atoms with Crippen LogP contribution in [0.4, 0.5) is 0 Å². The summed E-state index contributed by atoms with van der Waals surface area (Å²) in [5.41, 5.74) is 1.18. The Bertz CT molecular complexity index is 922. The number of ether oxygens (including phenoxy) is 1. The maximum Gasteiger partial charge on any atom is 0.206 e. The molecule has 0 bridgehead atoms. The Balaban J connectivity index is 1.46. The third-order valence-corrected chi connectivity index (χ3v) is 8.06. The van der Waals surface area contributed by atoms with Gasteiger partial charge >= 0.3 is 0 Å². The molecule has 2 fully saturated rings. The van der Waals surface area contributed by atoms with Gasteiger partial charge in [0, 0.05) is 12.0 Å². The first-order chi connectivity index (χ1) is 12.6. The van der Waals surface area contributed by atoms with E-state index in [4.69, 9.17) is 4.74 Å². The fraction of sp³-hybridized carbons (Fsp3) is 0.429. The Morgan fingerprint density at radius 3 is 2.50 bits per heavy atom. The first kappa shape index (κ1) is 16.3. The van der Waals surface area contributed by atoms with Gasteiger partial charge in [0.25, 0.3) is 0 Å². The topological polar surface area (TPSA) is 46.6 Å². The summed E-state index contributed by atoms with van der Waals surface area (Å²) in [5.74, 6) is 1.21. The molecular formula is C21H23NO3S. The van der Waals surface area contributed by atoms with Crippen molar-refractivity contribution in [2.24, 2.45) is 0 Å². The van der Waals surface area contributed by atoms with Crippen molar-refractivity contribution in [3.05, 3.63) is 54.1 Å². The lowest BCUT2D eigenvalue weighted by Crippen LogP contribution is -2.47. The number of fused-ring (bicyclic) bond motifs is 3. The van der Waals surface area contributed by atoms with Crippen molar-refractivity contribution in [3.8, 4) is 5.75 Å². The maximum atomic E-state index is 12.9. The molecule has 1 aliphatic carbocycles. The van der Waals surface area contributed by atoms with Gasteiger partial charge < -0.3 is 4.74 Å². The molecule has 5 heteroatoms. The van der Waals surface area contributed by atoms with E-state index in [2.05, 4.69) is 4.90 Å². The molecule has 2 unspecified atom stereocenters. The van der Waals surface area contributed by atoms with Gasteiger partial charge in [-0.25, -0.2) is 8.42 Å². The lowest BCUT2D eigenvalue weighted by molar-refractivity contribution is 0.0717. The minimum Gasteiger partial charge on any atom is -0.492 e. The van der Waals surface area contributed by atoms with Crippen molar-refractivity contribution in [3.63, 3.8) is 0 Å². The molecule has 2 aromatic carbocycles. The first-order valence-electron chi connectivity index (χ1n) is 9.47. The lowest BCUT2D eigenvalue weighted by Gasteiger charge is -2.41. The van der Waals surface area contributed by atoms with Crippen LogP contribution in [0, 0.1) is 0 Å². The van der Waals surface area contributed by atoms with Crippen LogP contribution >= 0.6 is 0 Å². The summed E-state index contributed by atoms with van der Waals surface area (Å²) in [6, 6.07) is 15.2. The SMILES string of the molecule is O=S(=O)(c1ccccc1)c1ccc2c(c1)OCC1C2CCN1C1CCC1. The van der Waals surface area contributed by atoms with Gasteiger partial charge in [-0.1, -0.05) is 30.7 Å². The highest BCUT2D eigenvalue weighted by Gasteiger charge is 2.44. The summed E-state index contributed by atoms with van der Waals surface area (Å²) in [6.07, 6.45) is 5.10. The van der Waals surface area contributed by atoms with Gasteiger partial charge in [0.05, 0.1) is 15.8 Å². The molecule has 0 N–H and O–H groups in total. The van der Waals surface area contributed by atoms with Gasteiger partial charge in [0.15, 0.2) is 0 Å². The van der Waals surface area contributed by atoms with Crippen molar-refractivity contribution in [2.45, 2.75) is 53.5 Å². The molecule has 5 rings (SSSR count). The van der Waals surface area contributed by atoms with Crippen LogP contribution in [0.15, 0.2) is 58.3 Å². The van der Waals surface area contributed by atoms with Crippen LogP contribution in [-0.4, -0.2) is 38.6 Å². The molecule has 4 nitrogen and oxygen atoms in total. The molecule has 0 spiro atoms. The van der Waals surface area contributed by atoms with Crippen molar-refractivity contribution in [2.75, 3.05) is 13.2 Å². The van der Waals surface area contributed by atoms with E-state index in [0.29, 0.717) is 28.4 Å². The maximum absolute atomic E-state index is 12.9. The zero-order valence-corrected chi connectivity index (χ0v) is 15.5. The van der Waals surface area contributed by atoms with Gasteiger partial charge in [-0.2, -0.15) is 0 Å². The molecule has 0 radical (unpaired) electrons. The number of nitrogens with zero attached hydrogens (tertiary/aromatic N) is 1. The van der Waals surface area contributed by atoms with E-state index in [1.807, 2.05) is 12.1 Å². The van der Waals surface area contributed by atoms with Gasteiger partial charge in [0.1, 0.15) is 12.4 Å². The molecular weight excluding hydrogens is 346 g/mol. The largest absolute Gasteiger partial charge is 0.492 e. The molecule has 0 amide bonds. The Morgan fingerprint density at radius 1 is 0.962 bits per heavy atom. The molecule has 2 heterocycles. The average molecular weight is 369 g/mol. The van der Waals surface area contributed by atoms with Crippen molar-refractivity contribution >= 4 is 9.84 Å². The summed E-state index contributed by atoms with van der Waals surface area (Å²) >= 11 is 0. The third-order valence-electron chi connectivity index (χ3n) is 6.29. The molecule has 1 saturated carbocycles. The van der Waals surface area contributed by atoms with Gasteiger partial charge in [-0.3, -0.25) is 4.90 Å². The highest BCUT2D eigenvalue weighted by molar-refractivity contribution is 7.91. The Morgan fingerprint density at radius 2 is 1.77 bits per heavy atom. The van der Waals surface area contributed by atoms with E-state index >= 15 is 0 Å². The van der Waals surface area contributed by atoms with Crippen LogP contribution in [-0.2, 0) is 9.84 Å². The number of sulfone groups is 1. The van der Waals surface area contributed by atoms with Crippen molar-refractivity contribution < 1.29 is 13.2 Å². The van der Waals surface area contributed by atoms with Gasteiger partial charge in [0.2, 0.25) is 9.84 Å². The molecule has 0 aromatic heterocycles.